The molecule has 84 valence electrons. The molecule has 16 heavy (non-hydrogen) atoms. The normalized spacial score (nSPS) is 10.4. The Morgan fingerprint density at radius 2 is 2.06 bits per heavy atom. The van der Waals surface area contributed by atoms with Crippen LogP contribution in [0.4, 0.5) is 11.9 Å². The molecule has 2 aromatic rings. The van der Waals surface area contributed by atoms with Crippen LogP contribution in [0.2, 0.25) is 5.02 Å². The molecule has 0 radical (unpaired) electrons. The van der Waals surface area contributed by atoms with Crippen molar-refractivity contribution in [1.82, 2.24) is 24.7 Å². The maximum atomic E-state index is 5.76. The first-order valence-electron chi connectivity index (χ1n) is 4.45. The Morgan fingerprint density at radius 3 is 2.62 bits per heavy atom. The zero-order chi connectivity index (χ0) is 11.7. The van der Waals surface area contributed by atoms with E-state index in [1.54, 1.807) is 11.1 Å². The molecule has 2 rings (SSSR count). The Labute approximate surface area is 96.9 Å². The molecule has 7 nitrogen and oxygen atoms in total. The van der Waals surface area contributed by atoms with Gasteiger partial charge in [0.2, 0.25) is 11.9 Å². The number of nitrogen functional groups attached to an aromatic ring is 1. The highest BCUT2D eigenvalue weighted by atomic mass is 35.5. The molecule has 0 atom stereocenters. The summed E-state index contributed by atoms with van der Waals surface area (Å²) >= 11 is 5.76. The number of halogens is 1. The molecule has 0 saturated carbocycles. The van der Waals surface area contributed by atoms with Gasteiger partial charge in [0.05, 0.1) is 17.4 Å². The van der Waals surface area contributed by atoms with Gasteiger partial charge in [-0.3, -0.25) is 0 Å². The van der Waals surface area contributed by atoms with Gasteiger partial charge in [0.1, 0.15) is 0 Å². The summed E-state index contributed by atoms with van der Waals surface area (Å²) in [7, 11) is 3.63. The number of aromatic nitrogens is 5. The highest BCUT2D eigenvalue weighted by Gasteiger charge is 2.08. The van der Waals surface area contributed by atoms with Gasteiger partial charge in [-0.25, -0.2) is 4.68 Å². The molecule has 0 unspecified atom stereocenters. The number of nitrogens with zero attached hydrogens (tertiary/aromatic N) is 6. The predicted molar refractivity (Wildman–Crippen MR) is 60.7 cm³/mol. The van der Waals surface area contributed by atoms with E-state index in [1.165, 1.54) is 10.9 Å². The molecule has 0 fully saturated rings. The lowest BCUT2D eigenvalue weighted by Gasteiger charge is -2.10. The predicted octanol–water partition coefficient (Wildman–Crippen LogP) is 0.359. The minimum absolute atomic E-state index is 0.139. The number of rotatable bonds is 2. The Kier molecular flexibility index (Phi) is 2.61. The van der Waals surface area contributed by atoms with Crippen LogP contribution in [-0.4, -0.2) is 38.8 Å². The summed E-state index contributed by atoms with van der Waals surface area (Å²) in [6, 6.07) is 0. The van der Waals surface area contributed by atoms with Gasteiger partial charge in [-0.05, 0) is 0 Å². The largest absolute Gasteiger partial charge is 0.368 e. The Balaban J connectivity index is 2.49. The maximum Gasteiger partial charge on any atom is 0.257 e. The standard InChI is InChI=1S/C8H10ClN7/c1-15(2)7-12-6(10)13-8(14-7)16-4-5(9)3-11-16/h3-4H,1-2H3,(H2,10,12,13,14). The lowest BCUT2D eigenvalue weighted by Crippen LogP contribution is -2.16. The first-order chi connectivity index (χ1) is 7.56. The molecule has 0 aromatic carbocycles. The number of hydrogen-bond donors (Lipinski definition) is 1. The van der Waals surface area contributed by atoms with E-state index in [9.17, 15) is 0 Å². The average Bonchev–Trinajstić information content (AvgIpc) is 2.64. The molecule has 0 aliphatic carbocycles. The van der Waals surface area contributed by atoms with Gasteiger partial charge >= 0.3 is 0 Å². The maximum absolute atomic E-state index is 5.76. The van der Waals surface area contributed by atoms with Crippen molar-refractivity contribution in [3.8, 4) is 5.95 Å². The van der Waals surface area contributed by atoms with Crippen LogP contribution in [0, 0.1) is 0 Å². The van der Waals surface area contributed by atoms with Gasteiger partial charge in [-0.15, -0.1) is 0 Å². The van der Waals surface area contributed by atoms with Crippen molar-refractivity contribution in [2.24, 2.45) is 0 Å². The topological polar surface area (TPSA) is 85.8 Å². The highest BCUT2D eigenvalue weighted by Crippen LogP contribution is 2.11. The van der Waals surface area contributed by atoms with Crippen molar-refractivity contribution >= 4 is 23.5 Å². The molecule has 0 aliphatic heterocycles. The summed E-state index contributed by atoms with van der Waals surface area (Å²) in [4.78, 5) is 13.9. The fraction of sp³-hybridized carbons (Fsp3) is 0.250. The third-order valence-electron chi connectivity index (χ3n) is 1.79. The van der Waals surface area contributed by atoms with Crippen molar-refractivity contribution in [2.75, 3.05) is 24.7 Å². The van der Waals surface area contributed by atoms with Crippen molar-refractivity contribution in [2.45, 2.75) is 0 Å². The minimum Gasteiger partial charge on any atom is -0.368 e. The molecule has 8 heteroatoms. The van der Waals surface area contributed by atoms with Gasteiger partial charge in [-0.2, -0.15) is 20.1 Å². The van der Waals surface area contributed by atoms with Crippen LogP contribution in [0.1, 0.15) is 0 Å². The van der Waals surface area contributed by atoms with Gasteiger partial charge < -0.3 is 10.6 Å². The second kappa shape index (κ2) is 3.93. The molecule has 0 spiro atoms. The summed E-state index contributed by atoms with van der Waals surface area (Å²) in [5.74, 6) is 0.942. The van der Waals surface area contributed by atoms with E-state index in [4.69, 9.17) is 17.3 Å². The van der Waals surface area contributed by atoms with Crippen LogP contribution in [0.15, 0.2) is 12.4 Å². The fourth-order valence-corrected chi connectivity index (χ4v) is 1.22. The van der Waals surface area contributed by atoms with E-state index in [-0.39, 0.29) is 5.95 Å². The number of anilines is 2. The third kappa shape index (κ3) is 2.03. The van der Waals surface area contributed by atoms with Crippen molar-refractivity contribution in [3.05, 3.63) is 17.4 Å². The smallest absolute Gasteiger partial charge is 0.257 e. The molecular formula is C8H10ClN7. The highest BCUT2D eigenvalue weighted by molar-refractivity contribution is 6.30. The average molecular weight is 240 g/mol. The lowest BCUT2D eigenvalue weighted by molar-refractivity contribution is 0.792. The molecule has 0 amide bonds. The van der Waals surface area contributed by atoms with Crippen LogP contribution < -0.4 is 10.6 Å². The first kappa shape index (κ1) is 10.6. The Bertz CT molecular complexity index is 507. The quantitative estimate of drug-likeness (QED) is 0.814. The monoisotopic (exact) mass is 239 g/mol. The van der Waals surface area contributed by atoms with Crippen molar-refractivity contribution < 1.29 is 0 Å². The van der Waals surface area contributed by atoms with Gasteiger partial charge in [0.15, 0.2) is 0 Å². The molecule has 0 saturated heterocycles. The Hall–Kier alpha value is -1.89. The minimum atomic E-state index is 0.139. The van der Waals surface area contributed by atoms with Crippen molar-refractivity contribution in [1.29, 1.82) is 0 Å². The molecule has 2 aromatic heterocycles. The number of nitrogens with two attached hydrogens (primary N) is 1. The van der Waals surface area contributed by atoms with Crippen LogP contribution in [0.3, 0.4) is 0 Å². The first-order valence-corrected chi connectivity index (χ1v) is 4.83. The fourth-order valence-electron chi connectivity index (χ4n) is 1.08. The van der Waals surface area contributed by atoms with Crippen LogP contribution in [-0.2, 0) is 0 Å². The molecular weight excluding hydrogens is 230 g/mol. The molecule has 0 bridgehead atoms. The van der Waals surface area contributed by atoms with Crippen molar-refractivity contribution in [3.63, 3.8) is 0 Å². The zero-order valence-electron chi connectivity index (χ0n) is 8.79. The van der Waals surface area contributed by atoms with E-state index >= 15 is 0 Å². The summed E-state index contributed by atoms with van der Waals surface area (Å²) < 4.78 is 1.44. The number of hydrogen-bond acceptors (Lipinski definition) is 6. The second-order valence-electron chi connectivity index (χ2n) is 3.29. The summed E-state index contributed by atoms with van der Waals surface area (Å²) in [5.41, 5.74) is 5.58. The van der Waals surface area contributed by atoms with E-state index in [0.717, 1.165) is 0 Å². The van der Waals surface area contributed by atoms with Gasteiger partial charge in [0.25, 0.3) is 5.95 Å². The summed E-state index contributed by atoms with van der Waals surface area (Å²) in [6.45, 7) is 0. The molecule has 2 N–H and O–H groups in total. The van der Waals surface area contributed by atoms with Gasteiger partial charge in [-0.1, -0.05) is 11.6 Å². The summed E-state index contributed by atoms with van der Waals surface area (Å²) in [6.07, 6.45) is 3.09. The van der Waals surface area contributed by atoms with E-state index in [0.29, 0.717) is 16.9 Å². The molecule has 2 heterocycles. The van der Waals surface area contributed by atoms with Crippen LogP contribution >= 0.6 is 11.6 Å². The van der Waals surface area contributed by atoms with Gasteiger partial charge in [0, 0.05) is 14.1 Å². The third-order valence-corrected chi connectivity index (χ3v) is 1.98. The van der Waals surface area contributed by atoms with Crippen LogP contribution in [0.5, 0.6) is 0 Å². The zero-order valence-corrected chi connectivity index (χ0v) is 9.55. The van der Waals surface area contributed by atoms with E-state index < -0.39 is 0 Å². The van der Waals surface area contributed by atoms with E-state index in [2.05, 4.69) is 20.1 Å². The summed E-state index contributed by atoms with van der Waals surface area (Å²) in [5, 5.41) is 4.49. The molecule has 0 aliphatic rings. The SMILES string of the molecule is CN(C)c1nc(N)nc(-n2cc(Cl)cn2)n1. The lowest BCUT2D eigenvalue weighted by atomic mass is 10.7. The van der Waals surface area contributed by atoms with Crippen LogP contribution in [0.25, 0.3) is 5.95 Å². The van der Waals surface area contributed by atoms with E-state index in [1.807, 2.05) is 14.1 Å². The second-order valence-corrected chi connectivity index (χ2v) is 3.73. The Morgan fingerprint density at radius 1 is 1.31 bits per heavy atom.